The van der Waals surface area contributed by atoms with Crippen LogP contribution in [0.2, 0.25) is 0 Å². The maximum atomic E-state index is 12.0. The summed E-state index contributed by atoms with van der Waals surface area (Å²) >= 11 is 0. The molecule has 0 amide bonds. The van der Waals surface area contributed by atoms with E-state index in [1.54, 1.807) is 11.4 Å². The van der Waals surface area contributed by atoms with Gasteiger partial charge in [0.15, 0.2) is 0 Å². The Hall–Kier alpha value is -1.11. The van der Waals surface area contributed by atoms with E-state index in [9.17, 15) is 8.42 Å². The van der Waals surface area contributed by atoms with Gasteiger partial charge < -0.3 is 9.64 Å². The molecule has 1 saturated heterocycles. The molecule has 0 saturated carbocycles. The van der Waals surface area contributed by atoms with E-state index >= 15 is 0 Å². The first kappa shape index (κ1) is 17.2. The highest BCUT2D eigenvalue weighted by molar-refractivity contribution is 7.89. The fraction of sp³-hybridized carbons (Fsp3) is 0.625. The summed E-state index contributed by atoms with van der Waals surface area (Å²) in [4.78, 5) is 2.32. The monoisotopic (exact) mass is 326 g/mol. The van der Waals surface area contributed by atoms with Crippen LogP contribution in [-0.4, -0.2) is 63.2 Å². The summed E-state index contributed by atoms with van der Waals surface area (Å²) in [5.41, 5.74) is 1.20. The van der Waals surface area contributed by atoms with Gasteiger partial charge >= 0.3 is 0 Å². The van der Waals surface area contributed by atoms with Crippen molar-refractivity contribution in [3.63, 3.8) is 0 Å². The third kappa shape index (κ3) is 4.44. The lowest BCUT2D eigenvalue weighted by Crippen LogP contribution is -2.49. The van der Waals surface area contributed by atoms with Gasteiger partial charge in [-0.25, -0.2) is 8.42 Å². The van der Waals surface area contributed by atoms with Gasteiger partial charge in [-0.3, -0.25) is 0 Å². The van der Waals surface area contributed by atoms with E-state index in [4.69, 9.17) is 4.74 Å². The molecular weight excluding hydrogens is 300 g/mol. The van der Waals surface area contributed by atoms with E-state index in [-0.39, 0.29) is 5.75 Å². The van der Waals surface area contributed by atoms with Gasteiger partial charge in [0.1, 0.15) is 5.75 Å². The van der Waals surface area contributed by atoms with Crippen molar-refractivity contribution in [1.29, 1.82) is 0 Å². The first-order valence-corrected chi connectivity index (χ1v) is 9.50. The molecule has 5 nitrogen and oxygen atoms in total. The minimum absolute atomic E-state index is 0.258. The number of sulfonamides is 1. The van der Waals surface area contributed by atoms with Crippen LogP contribution in [0.3, 0.4) is 0 Å². The van der Waals surface area contributed by atoms with E-state index in [2.05, 4.69) is 11.0 Å². The molecule has 0 bridgehead atoms. The lowest BCUT2D eigenvalue weighted by molar-refractivity contribution is 0.190. The Bertz CT molecular complexity index is 567. The van der Waals surface area contributed by atoms with Crippen molar-refractivity contribution in [2.45, 2.75) is 19.8 Å². The van der Waals surface area contributed by atoms with Crippen LogP contribution in [0.1, 0.15) is 18.9 Å². The van der Waals surface area contributed by atoms with Crippen molar-refractivity contribution in [2.75, 3.05) is 45.6 Å². The van der Waals surface area contributed by atoms with Crippen LogP contribution in [0, 0.1) is 0 Å². The van der Waals surface area contributed by atoms with Crippen LogP contribution < -0.4 is 4.74 Å². The maximum absolute atomic E-state index is 12.0. The van der Waals surface area contributed by atoms with Crippen molar-refractivity contribution in [2.24, 2.45) is 0 Å². The molecule has 0 spiro atoms. The van der Waals surface area contributed by atoms with Gasteiger partial charge in [0.25, 0.3) is 0 Å². The number of ether oxygens (including phenoxy) is 1. The number of para-hydroxylation sites is 1. The molecule has 22 heavy (non-hydrogen) atoms. The highest BCUT2D eigenvalue weighted by Gasteiger charge is 2.25. The average Bonchev–Trinajstić information content (AvgIpc) is 2.53. The number of hydrogen-bond acceptors (Lipinski definition) is 4. The maximum Gasteiger partial charge on any atom is 0.214 e. The van der Waals surface area contributed by atoms with Crippen LogP contribution >= 0.6 is 0 Å². The predicted octanol–water partition coefficient (Wildman–Crippen LogP) is 1.60. The Kier molecular flexibility index (Phi) is 6.23. The van der Waals surface area contributed by atoms with Gasteiger partial charge in [-0.1, -0.05) is 25.1 Å². The van der Waals surface area contributed by atoms with Gasteiger partial charge in [0.2, 0.25) is 10.0 Å². The lowest BCUT2D eigenvalue weighted by Gasteiger charge is -2.34. The molecule has 0 unspecified atom stereocenters. The number of benzene rings is 1. The zero-order valence-corrected chi connectivity index (χ0v) is 14.3. The molecule has 1 aromatic carbocycles. The lowest BCUT2D eigenvalue weighted by atomic mass is 10.1. The van der Waals surface area contributed by atoms with Crippen LogP contribution in [0.5, 0.6) is 5.75 Å². The van der Waals surface area contributed by atoms with Crippen molar-refractivity contribution in [3.05, 3.63) is 29.8 Å². The minimum atomic E-state index is -3.05. The Balaban J connectivity index is 1.83. The van der Waals surface area contributed by atoms with Crippen molar-refractivity contribution >= 4 is 10.0 Å². The summed E-state index contributed by atoms with van der Waals surface area (Å²) in [6.45, 7) is 5.65. The van der Waals surface area contributed by atoms with Crippen LogP contribution in [0.25, 0.3) is 0 Å². The third-order valence-corrected chi connectivity index (χ3v) is 6.15. The zero-order valence-electron chi connectivity index (χ0n) is 13.5. The Morgan fingerprint density at radius 1 is 1.14 bits per heavy atom. The summed E-state index contributed by atoms with van der Waals surface area (Å²) in [6.07, 6.45) is 1.60. The third-order valence-electron chi connectivity index (χ3n) is 4.08. The smallest absolute Gasteiger partial charge is 0.214 e. The van der Waals surface area contributed by atoms with E-state index in [0.29, 0.717) is 19.5 Å². The van der Waals surface area contributed by atoms with Gasteiger partial charge in [0.05, 0.1) is 12.9 Å². The van der Waals surface area contributed by atoms with Crippen molar-refractivity contribution < 1.29 is 13.2 Å². The summed E-state index contributed by atoms with van der Waals surface area (Å²) in [5.74, 6) is 1.18. The van der Waals surface area contributed by atoms with Gasteiger partial charge in [-0.05, 0) is 24.5 Å². The highest BCUT2D eigenvalue weighted by Crippen LogP contribution is 2.18. The highest BCUT2D eigenvalue weighted by atomic mass is 32.2. The van der Waals surface area contributed by atoms with E-state index < -0.39 is 10.0 Å². The molecule has 0 atom stereocenters. The molecule has 2 rings (SSSR count). The molecule has 0 aliphatic carbocycles. The first-order chi connectivity index (χ1) is 10.6. The summed E-state index contributed by atoms with van der Waals surface area (Å²) < 4.78 is 31.1. The molecular formula is C16H26N2O3S. The SMILES string of the molecule is CCCS(=O)(=O)N1CCN(CCc2ccccc2OC)CC1. The van der Waals surface area contributed by atoms with Crippen molar-refractivity contribution in [1.82, 2.24) is 9.21 Å². The van der Waals surface area contributed by atoms with E-state index in [0.717, 1.165) is 31.8 Å². The Labute approximate surface area is 133 Å². The number of rotatable bonds is 7. The molecule has 6 heteroatoms. The predicted molar refractivity (Wildman–Crippen MR) is 88.8 cm³/mol. The average molecular weight is 326 g/mol. The number of hydrogen-bond donors (Lipinski definition) is 0. The van der Waals surface area contributed by atoms with Gasteiger partial charge in [-0.15, -0.1) is 0 Å². The molecule has 1 aliphatic rings. The topological polar surface area (TPSA) is 49.9 Å². The number of methoxy groups -OCH3 is 1. The minimum Gasteiger partial charge on any atom is -0.496 e. The molecule has 0 N–H and O–H groups in total. The zero-order chi connectivity index (χ0) is 16.0. The Morgan fingerprint density at radius 2 is 1.82 bits per heavy atom. The van der Waals surface area contributed by atoms with Crippen LogP contribution in [0.15, 0.2) is 24.3 Å². The van der Waals surface area contributed by atoms with Crippen molar-refractivity contribution in [3.8, 4) is 5.75 Å². The van der Waals surface area contributed by atoms with Gasteiger partial charge in [-0.2, -0.15) is 4.31 Å². The van der Waals surface area contributed by atoms with Crippen LogP contribution in [-0.2, 0) is 16.4 Å². The van der Waals surface area contributed by atoms with Crippen LogP contribution in [0.4, 0.5) is 0 Å². The molecule has 1 fully saturated rings. The summed E-state index contributed by atoms with van der Waals surface area (Å²) in [6, 6.07) is 8.05. The summed E-state index contributed by atoms with van der Waals surface area (Å²) in [7, 11) is -1.36. The second-order valence-corrected chi connectivity index (χ2v) is 7.71. The molecule has 0 aromatic heterocycles. The standard InChI is InChI=1S/C16H26N2O3S/c1-3-14-22(19,20)18-12-10-17(11-13-18)9-8-15-6-4-5-7-16(15)21-2/h4-7H,3,8-14H2,1-2H3. The van der Waals surface area contributed by atoms with Gasteiger partial charge in [0, 0.05) is 32.7 Å². The largest absolute Gasteiger partial charge is 0.496 e. The molecule has 0 radical (unpaired) electrons. The summed E-state index contributed by atoms with van der Waals surface area (Å²) in [5, 5.41) is 0. The quantitative estimate of drug-likeness (QED) is 0.764. The molecule has 1 heterocycles. The molecule has 124 valence electrons. The molecule has 1 aliphatic heterocycles. The second kappa shape index (κ2) is 7.94. The van der Waals surface area contributed by atoms with E-state index in [1.807, 2.05) is 25.1 Å². The number of nitrogens with zero attached hydrogens (tertiary/aromatic N) is 2. The number of piperazine rings is 1. The fourth-order valence-electron chi connectivity index (χ4n) is 2.81. The molecule has 1 aromatic rings. The van der Waals surface area contributed by atoms with E-state index in [1.165, 1.54) is 5.56 Å². The second-order valence-electron chi connectivity index (χ2n) is 5.62. The first-order valence-electron chi connectivity index (χ1n) is 7.89. The Morgan fingerprint density at radius 3 is 2.45 bits per heavy atom. The normalized spacial score (nSPS) is 17.5. The fourth-order valence-corrected chi connectivity index (χ4v) is 4.30.